The highest BCUT2D eigenvalue weighted by atomic mass is 14.6. The number of benzene rings is 6. The van der Waals surface area contributed by atoms with Gasteiger partial charge in [0.2, 0.25) is 0 Å². The Balaban J connectivity index is 1.50. The van der Waals surface area contributed by atoms with Gasteiger partial charge in [-0.2, -0.15) is 0 Å². The third-order valence-electron chi connectivity index (χ3n) is 9.43. The molecule has 1 heteroatoms. The lowest BCUT2D eigenvalue weighted by Gasteiger charge is -2.36. The van der Waals surface area contributed by atoms with Gasteiger partial charge in [0.05, 0.1) is 5.41 Å². The molecule has 1 heterocycles. The molecule has 200 valence electrons. The third-order valence-corrected chi connectivity index (χ3v) is 9.43. The van der Waals surface area contributed by atoms with Gasteiger partial charge in [0, 0.05) is 12.4 Å². The predicted molar refractivity (Wildman–Crippen MR) is 177 cm³/mol. The van der Waals surface area contributed by atoms with E-state index >= 15 is 0 Å². The van der Waals surface area contributed by atoms with E-state index in [9.17, 15) is 0 Å². The number of fused-ring (bicyclic) bond motifs is 12. The minimum absolute atomic E-state index is 0.509. The molecule has 0 fully saturated rings. The maximum atomic E-state index is 4.30. The monoisotopic (exact) mass is 545 g/mol. The molecule has 0 bridgehead atoms. The first-order valence-corrected chi connectivity index (χ1v) is 14.9. The Labute approximate surface area is 251 Å². The lowest BCUT2D eigenvalue weighted by Crippen LogP contribution is -2.29. The summed E-state index contributed by atoms with van der Waals surface area (Å²) in [4.78, 5) is 4.30. The largest absolute Gasteiger partial charge is 0.265 e. The molecule has 0 radical (unpaired) electrons. The third kappa shape index (κ3) is 3.37. The zero-order chi connectivity index (χ0) is 28.4. The van der Waals surface area contributed by atoms with Crippen LogP contribution >= 0.6 is 0 Å². The van der Waals surface area contributed by atoms with Gasteiger partial charge in [0.1, 0.15) is 0 Å². The van der Waals surface area contributed by atoms with E-state index in [1.54, 1.807) is 0 Å². The lowest BCUT2D eigenvalue weighted by molar-refractivity contribution is 0.776. The van der Waals surface area contributed by atoms with Crippen molar-refractivity contribution in [1.82, 2.24) is 4.98 Å². The Hall–Kier alpha value is -5.53. The summed E-state index contributed by atoms with van der Waals surface area (Å²) < 4.78 is 0. The normalized spacial score (nSPS) is 13.3. The van der Waals surface area contributed by atoms with Crippen molar-refractivity contribution in [2.24, 2.45) is 0 Å². The average Bonchev–Trinajstić information content (AvgIpc) is 3.34. The van der Waals surface area contributed by atoms with Crippen molar-refractivity contribution in [2.45, 2.75) is 5.41 Å². The molecule has 0 atom stereocenters. The molecule has 1 aromatic heterocycles. The van der Waals surface area contributed by atoms with E-state index in [2.05, 4.69) is 157 Å². The van der Waals surface area contributed by atoms with Crippen molar-refractivity contribution in [1.29, 1.82) is 0 Å². The highest BCUT2D eigenvalue weighted by molar-refractivity contribution is 5.98. The van der Waals surface area contributed by atoms with Crippen LogP contribution in [0.5, 0.6) is 0 Å². The summed E-state index contributed by atoms with van der Waals surface area (Å²) in [6.07, 6.45) is 3.77. The summed E-state index contributed by atoms with van der Waals surface area (Å²) in [5.41, 5.74) is 17.3. The highest BCUT2D eigenvalue weighted by Crippen LogP contribution is 2.62. The van der Waals surface area contributed by atoms with Crippen LogP contribution in [0.15, 0.2) is 164 Å². The fourth-order valence-electron chi connectivity index (χ4n) is 7.63. The van der Waals surface area contributed by atoms with Crippen LogP contribution in [-0.2, 0) is 5.41 Å². The Morgan fingerprint density at radius 3 is 1.26 bits per heavy atom. The van der Waals surface area contributed by atoms with Gasteiger partial charge in [-0.05, 0) is 102 Å². The summed E-state index contributed by atoms with van der Waals surface area (Å²) in [6, 6.07) is 56.2. The summed E-state index contributed by atoms with van der Waals surface area (Å²) in [6.45, 7) is 0. The standard InChI is InChI=1S/C42H27N/c1-2-10-28(11-3-1)30-18-20-36-32-12-4-5-13-33(32)37-21-19-31(29-22-24-43-25-23-29)27-41(37)42(40(36)26-30)38-16-8-6-14-34(38)35-15-7-9-17-39(35)42/h1-27H. The van der Waals surface area contributed by atoms with Gasteiger partial charge in [-0.3, -0.25) is 4.98 Å². The molecule has 6 aromatic carbocycles. The first-order chi connectivity index (χ1) is 21.3. The Kier molecular flexibility index (Phi) is 5.18. The second-order valence-electron chi connectivity index (χ2n) is 11.5. The van der Waals surface area contributed by atoms with Crippen molar-refractivity contribution >= 4 is 0 Å². The molecule has 2 aliphatic rings. The van der Waals surface area contributed by atoms with E-state index in [0.29, 0.717) is 0 Å². The second-order valence-corrected chi connectivity index (χ2v) is 11.5. The second kappa shape index (κ2) is 9.24. The summed E-state index contributed by atoms with van der Waals surface area (Å²) >= 11 is 0. The van der Waals surface area contributed by atoms with Crippen molar-refractivity contribution in [2.75, 3.05) is 0 Å². The van der Waals surface area contributed by atoms with Crippen LogP contribution in [0, 0.1) is 0 Å². The fraction of sp³-hybridized carbons (Fsp3) is 0.0238. The molecular weight excluding hydrogens is 518 g/mol. The van der Waals surface area contributed by atoms with Gasteiger partial charge < -0.3 is 0 Å². The zero-order valence-corrected chi connectivity index (χ0v) is 23.5. The van der Waals surface area contributed by atoms with Crippen LogP contribution in [0.3, 0.4) is 0 Å². The molecule has 7 aromatic rings. The number of aromatic nitrogens is 1. The molecule has 1 nitrogen and oxygen atoms in total. The molecule has 43 heavy (non-hydrogen) atoms. The topological polar surface area (TPSA) is 12.9 Å². The fourth-order valence-corrected chi connectivity index (χ4v) is 7.63. The van der Waals surface area contributed by atoms with Crippen LogP contribution in [0.2, 0.25) is 0 Å². The van der Waals surface area contributed by atoms with E-state index in [1.807, 2.05) is 12.4 Å². The molecular formula is C42H27N. The van der Waals surface area contributed by atoms with E-state index in [-0.39, 0.29) is 0 Å². The number of nitrogens with zero attached hydrogens (tertiary/aromatic N) is 1. The number of pyridine rings is 1. The molecule has 9 rings (SSSR count). The van der Waals surface area contributed by atoms with Crippen LogP contribution in [0.25, 0.3) is 55.6 Å². The van der Waals surface area contributed by atoms with Crippen molar-refractivity contribution in [3.8, 4) is 55.6 Å². The van der Waals surface area contributed by atoms with Gasteiger partial charge in [0.25, 0.3) is 0 Å². The Bertz CT molecular complexity index is 2020. The SMILES string of the molecule is c1ccc(-c2ccc3c(c2)C2(c4cc(-c5ccncc5)ccc4-c4ccccc4-3)c3ccccc3-c3ccccc32)cc1. The van der Waals surface area contributed by atoms with Gasteiger partial charge in [0.15, 0.2) is 0 Å². The average molecular weight is 546 g/mol. The van der Waals surface area contributed by atoms with Gasteiger partial charge >= 0.3 is 0 Å². The van der Waals surface area contributed by atoms with E-state index < -0.39 is 5.41 Å². The van der Waals surface area contributed by atoms with Crippen molar-refractivity contribution < 1.29 is 0 Å². The van der Waals surface area contributed by atoms with Gasteiger partial charge in [-0.25, -0.2) is 0 Å². The highest BCUT2D eigenvalue weighted by Gasteiger charge is 2.49. The minimum Gasteiger partial charge on any atom is -0.265 e. The molecule has 2 aliphatic carbocycles. The van der Waals surface area contributed by atoms with Crippen LogP contribution in [0.4, 0.5) is 0 Å². The van der Waals surface area contributed by atoms with E-state index in [4.69, 9.17) is 0 Å². The maximum Gasteiger partial charge on any atom is 0.0725 e. The van der Waals surface area contributed by atoms with E-state index in [1.165, 1.54) is 77.9 Å². The lowest BCUT2D eigenvalue weighted by atomic mass is 9.65. The molecule has 0 amide bonds. The van der Waals surface area contributed by atoms with Gasteiger partial charge in [-0.1, -0.05) is 127 Å². The summed E-state index contributed by atoms with van der Waals surface area (Å²) in [5.74, 6) is 0. The van der Waals surface area contributed by atoms with Crippen molar-refractivity contribution in [3.63, 3.8) is 0 Å². The first-order valence-electron chi connectivity index (χ1n) is 14.9. The molecule has 1 spiro atoms. The number of hydrogen-bond donors (Lipinski definition) is 0. The first kappa shape index (κ1) is 24.1. The van der Waals surface area contributed by atoms with Crippen LogP contribution in [-0.4, -0.2) is 4.98 Å². The molecule has 0 aliphatic heterocycles. The molecule has 0 saturated heterocycles. The van der Waals surface area contributed by atoms with Crippen LogP contribution < -0.4 is 0 Å². The molecule has 0 saturated carbocycles. The number of hydrogen-bond acceptors (Lipinski definition) is 1. The number of rotatable bonds is 2. The van der Waals surface area contributed by atoms with Gasteiger partial charge in [-0.15, -0.1) is 0 Å². The zero-order valence-electron chi connectivity index (χ0n) is 23.5. The van der Waals surface area contributed by atoms with E-state index in [0.717, 1.165) is 0 Å². The quantitative estimate of drug-likeness (QED) is 0.211. The Morgan fingerprint density at radius 2 is 0.721 bits per heavy atom. The summed E-state index contributed by atoms with van der Waals surface area (Å²) in [7, 11) is 0. The smallest absolute Gasteiger partial charge is 0.0725 e. The molecule has 0 N–H and O–H groups in total. The summed E-state index contributed by atoms with van der Waals surface area (Å²) in [5, 5.41) is 0. The van der Waals surface area contributed by atoms with Crippen LogP contribution in [0.1, 0.15) is 22.3 Å². The predicted octanol–water partition coefficient (Wildman–Crippen LogP) is 10.4. The van der Waals surface area contributed by atoms with Crippen molar-refractivity contribution in [3.05, 3.63) is 186 Å². The Morgan fingerprint density at radius 1 is 0.302 bits per heavy atom. The molecule has 0 unspecified atom stereocenters. The maximum absolute atomic E-state index is 4.30. The minimum atomic E-state index is -0.509.